The summed E-state index contributed by atoms with van der Waals surface area (Å²) in [6.45, 7) is 0. The van der Waals surface area contributed by atoms with E-state index in [1.165, 1.54) is 32.4 Å². The Hall–Kier alpha value is -1.36. The number of carbonyl (C=O) groups is 1. The number of benzene rings is 1. The molecular weight excluding hydrogens is 247 g/mol. The highest BCUT2D eigenvalue weighted by Crippen LogP contribution is 2.41. The van der Waals surface area contributed by atoms with Crippen molar-refractivity contribution in [1.29, 1.82) is 0 Å². The largest absolute Gasteiger partial charge is 0.496 e. The Kier molecular flexibility index (Phi) is 4.28. The third-order valence-corrected chi connectivity index (χ3v) is 2.84. The van der Waals surface area contributed by atoms with Gasteiger partial charge in [-0.2, -0.15) is 0 Å². The molecule has 94 valence electrons. The van der Waals surface area contributed by atoms with Gasteiger partial charge in [-0.15, -0.1) is 0 Å². The van der Waals surface area contributed by atoms with Gasteiger partial charge in [0, 0.05) is 5.56 Å². The second-order valence-corrected chi connectivity index (χ2v) is 4.99. The second-order valence-electron chi connectivity index (χ2n) is 3.34. The fraction of sp³-hybridized carbons (Fsp3) is 0.300. The zero-order valence-electron chi connectivity index (χ0n) is 9.41. The molecule has 0 spiro atoms. The van der Waals surface area contributed by atoms with E-state index < -0.39 is 19.7 Å². The summed E-state index contributed by atoms with van der Waals surface area (Å²) >= 11 is 0. The van der Waals surface area contributed by atoms with Gasteiger partial charge in [0.2, 0.25) is 0 Å². The number of hydrogen-bond acceptors (Lipinski definition) is 4. The first kappa shape index (κ1) is 13.7. The lowest BCUT2D eigenvalue weighted by atomic mass is 10.1. The number of hydrogen-bond donors (Lipinski definition) is 2. The standard InChI is InChI=1S/C10H13O6P/c1-15-9-5-7(10(11)16-2)3-4-8(9)6-17(12,13)14/h3-5H,6H2,1-2H3,(H2,12,13,14). The minimum atomic E-state index is -4.17. The molecule has 0 aliphatic carbocycles. The first-order valence-corrected chi connectivity index (χ1v) is 6.47. The summed E-state index contributed by atoms with van der Waals surface area (Å²) in [4.78, 5) is 29.0. The molecule has 6 nitrogen and oxygen atoms in total. The molecule has 0 amide bonds. The van der Waals surface area contributed by atoms with Crippen LogP contribution in [-0.4, -0.2) is 30.0 Å². The Bertz CT molecular complexity index is 464. The molecule has 1 rings (SSSR count). The molecule has 0 saturated heterocycles. The molecule has 0 atom stereocenters. The molecule has 0 aliphatic rings. The average molecular weight is 260 g/mol. The number of rotatable bonds is 4. The normalized spacial score (nSPS) is 11.1. The molecule has 0 bridgehead atoms. The van der Waals surface area contributed by atoms with E-state index in [0.717, 1.165) is 0 Å². The number of methoxy groups -OCH3 is 2. The lowest BCUT2D eigenvalue weighted by Gasteiger charge is -2.10. The maximum Gasteiger partial charge on any atom is 0.337 e. The van der Waals surface area contributed by atoms with Gasteiger partial charge in [-0.1, -0.05) is 6.07 Å². The Morgan fingerprint density at radius 3 is 2.47 bits per heavy atom. The van der Waals surface area contributed by atoms with E-state index in [9.17, 15) is 9.36 Å². The van der Waals surface area contributed by atoms with E-state index in [2.05, 4.69) is 4.74 Å². The Morgan fingerprint density at radius 2 is 2.00 bits per heavy atom. The van der Waals surface area contributed by atoms with Gasteiger partial charge in [-0.05, 0) is 12.1 Å². The van der Waals surface area contributed by atoms with Gasteiger partial charge in [0.05, 0.1) is 25.9 Å². The van der Waals surface area contributed by atoms with Crippen molar-refractivity contribution in [2.75, 3.05) is 14.2 Å². The smallest absolute Gasteiger partial charge is 0.337 e. The van der Waals surface area contributed by atoms with Crippen molar-refractivity contribution in [2.24, 2.45) is 0 Å². The number of esters is 1. The minimum absolute atomic E-state index is 0.247. The van der Waals surface area contributed by atoms with Crippen LogP contribution in [0.3, 0.4) is 0 Å². The van der Waals surface area contributed by atoms with Crippen LogP contribution < -0.4 is 4.74 Å². The van der Waals surface area contributed by atoms with Crippen molar-refractivity contribution >= 4 is 13.6 Å². The highest BCUT2D eigenvalue weighted by atomic mass is 31.2. The lowest BCUT2D eigenvalue weighted by molar-refractivity contribution is 0.0600. The third kappa shape index (κ3) is 3.85. The monoisotopic (exact) mass is 260 g/mol. The molecule has 0 heterocycles. The molecule has 7 heteroatoms. The van der Waals surface area contributed by atoms with E-state index in [-0.39, 0.29) is 11.3 Å². The molecule has 0 fully saturated rings. The predicted octanol–water partition coefficient (Wildman–Crippen LogP) is 1.16. The molecule has 0 aliphatic heterocycles. The van der Waals surface area contributed by atoms with Gasteiger partial charge < -0.3 is 19.3 Å². The zero-order valence-corrected chi connectivity index (χ0v) is 10.3. The second kappa shape index (κ2) is 5.31. The Balaban J connectivity index is 3.10. The van der Waals surface area contributed by atoms with Crippen molar-refractivity contribution in [1.82, 2.24) is 0 Å². The molecule has 2 N–H and O–H groups in total. The van der Waals surface area contributed by atoms with Crippen molar-refractivity contribution in [2.45, 2.75) is 6.16 Å². The summed E-state index contributed by atoms with van der Waals surface area (Å²) in [5.74, 6) is -0.290. The van der Waals surface area contributed by atoms with E-state index in [1.54, 1.807) is 0 Å². The summed E-state index contributed by atoms with van der Waals surface area (Å²) in [5, 5.41) is 0. The topological polar surface area (TPSA) is 93.1 Å². The van der Waals surface area contributed by atoms with Gasteiger partial charge in [0.25, 0.3) is 0 Å². The molecule has 0 unspecified atom stereocenters. The quantitative estimate of drug-likeness (QED) is 0.623. The molecule has 1 aromatic carbocycles. The van der Waals surface area contributed by atoms with E-state index >= 15 is 0 Å². The van der Waals surface area contributed by atoms with Crippen LogP contribution in [0.4, 0.5) is 0 Å². The fourth-order valence-electron chi connectivity index (χ4n) is 1.34. The first-order chi connectivity index (χ1) is 7.87. The van der Waals surface area contributed by atoms with Crippen molar-refractivity contribution in [3.63, 3.8) is 0 Å². The highest BCUT2D eigenvalue weighted by molar-refractivity contribution is 7.50. The van der Waals surface area contributed by atoms with Crippen molar-refractivity contribution in [3.05, 3.63) is 29.3 Å². The molecule has 1 aromatic rings. The summed E-state index contributed by atoms with van der Waals surface area (Å²) in [6.07, 6.45) is -0.433. The van der Waals surface area contributed by atoms with Crippen LogP contribution in [0, 0.1) is 0 Å². The van der Waals surface area contributed by atoms with E-state index in [1.807, 2.05) is 0 Å². The van der Waals surface area contributed by atoms with Crippen LogP contribution in [0.25, 0.3) is 0 Å². The number of carbonyl (C=O) groups excluding carboxylic acids is 1. The average Bonchev–Trinajstić information content (AvgIpc) is 2.26. The van der Waals surface area contributed by atoms with Gasteiger partial charge in [0.15, 0.2) is 0 Å². The summed E-state index contributed by atoms with van der Waals surface area (Å²) in [7, 11) is -1.56. The fourth-order valence-corrected chi connectivity index (χ4v) is 2.05. The van der Waals surface area contributed by atoms with Crippen LogP contribution >= 0.6 is 7.60 Å². The van der Waals surface area contributed by atoms with Crippen LogP contribution in [0.15, 0.2) is 18.2 Å². The number of ether oxygens (including phenoxy) is 2. The van der Waals surface area contributed by atoms with Crippen molar-refractivity contribution < 1.29 is 28.6 Å². The molecular formula is C10H13O6P. The first-order valence-electron chi connectivity index (χ1n) is 4.67. The predicted molar refractivity (Wildman–Crippen MR) is 60.1 cm³/mol. The lowest BCUT2D eigenvalue weighted by Crippen LogP contribution is -2.03. The van der Waals surface area contributed by atoms with Gasteiger partial charge >= 0.3 is 13.6 Å². The maximum absolute atomic E-state index is 11.2. The maximum atomic E-state index is 11.2. The van der Waals surface area contributed by atoms with Gasteiger partial charge in [-0.25, -0.2) is 4.79 Å². The van der Waals surface area contributed by atoms with Crippen LogP contribution in [0.5, 0.6) is 5.75 Å². The Morgan fingerprint density at radius 1 is 1.35 bits per heavy atom. The van der Waals surface area contributed by atoms with E-state index in [0.29, 0.717) is 5.56 Å². The van der Waals surface area contributed by atoms with Gasteiger partial charge in [-0.3, -0.25) is 4.57 Å². The van der Waals surface area contributed by atoms with Crippen molar-refractivity contribution in [3.8, 4) is 5.75 Å². The zero-order chi connectivity index (χ0) is 13.1. The molecule has 0 saturated carbocycles. The SMILES string of the molecule is COC(=O)c1ccc(CP(=O)(O)O)c(OC)c1. The molecule has 0 aromatic heterocycles. The van der Waals surface area contributed by atoms with Crippen LogP contribution in [0.2, 0.25) is 0 Å². The third-order valence-electron chi connectivity index (χ3n) is 2.08. The molecule has 0 radical (unpaired) electrons. The molecule has 17 heavy (non-hydrogen) atoms. The summed E-state index contributed by atoms with van der Waals surface area (Å²) < 4.78 is 20.4. The summed E-state index contributed by atoms with van der Waals surface area (Å²) in [6, 6.07) is 4.25. The highest BCUT2D eigenvalue weighted by Gasteiger charge is 2.18. The van der Waals surface area contributed by atoms with Crippen LogP contribution in [-0.2, 0) is 15.5 Å². The Labute approximate surface area is 98.3 Å². The van der Waals surface area contributed by atoms with Crippen LogP contribution in [0.1, 0.15) is 15.9 Å². The minimum Gasteiger partial charge on any atom is -0.496 e. The van der Waals surface area contributed by atoms with Gasteiger partial charge in [0.1, 0.15) is 5.75 Å². The summed E-state index contributed by atoms with van der Waals surface area (Å²) in [5.41, 5.74) is 0.604. The van der Waals surface area contributed by atoms with E-state index in [4.69, 9.17) is 14.5 Å².